The van der Waals surface area contributed by atoms with Crippen molar-refractivity contribution in [1.29, 1.82) is 5.26 Å². The molecule has 0 bridgehead atoms. The summed E-state index contributed by atoms with van der Waals surface area (Å²) in [5.41, 5.74) is 1.41. The number of anilines is 5. The van der Waals surface area contributed by atoms with Crippen LogP contribution in [0.1, 0.15) is 54.5 Å². The van der Waals surface area contributed by atoms with Crippen molar-refractivity contribution in [3.63, 3.8) is 0 Å². The molecule has 630 valence electrons. The van der Waals surface area contributed by atoms with Crippen LogP contribution in [0.5, 0.6) is 17.4 Å². The van der Waals surface area contributed by atoms with Gasteiger partial charge in [0.2, 0.25) is 23.7 Å². The number of rotatable bonds is 34. The fourth-order valence-electron chi connectivity index (χ4n) is 10.2. The van der Waals surface area contributed by atoms with Gasteiger partial charge in [-0.2, -0.15) is 72.5 Å². The Balaban J connectivity index is 0.00000207. The molecule has 53 heteroatoms. The number of azo groups is 4. The highest BCUT2D eigenvalue weighted by Crippen LogP contribution is 2.46. The molecule has 0 atom stereocenters. The molecule has 10 aromatic rings. The number of methoxy groups -OCH3 is 1. The number of imidazole rings is 1. The number of fused-ring (bicyclic) bond motifs is 3. The molecule has 10 rings (SSSR count). The number of aromatic hydroxyl groups is 1. The van der Waals surface area contributed by atoms with Crippen molar-refractivity contribution in [2.24, 2.45) is 40.9 Å². The molecule has 0 saturated carbocycles. The second-order valence-electron chi connectivity index (χ2n) is 23.9. The maximum absolute atomic E-state index is 12.4. The predicted octanol–water partition coefficient (Wildman–Crippen LogP) is 13.4. The third-order valence-electron chi connectivity index (χ3n) is 15.4. The second kappa shape index (κ2) is 41.5. The van der Waals surface area contributed by atoms with Gasteiger partial charge < -0.3 is 30.5 Å². The summed E-state index contributed by atoms with van der Waals surface area (Å²) in [4.78, 5) is 28.0. The van der Waals surface area contributed by atoms with Crippen molar-refractivity contribution >= 4 is 192 Å². The van der Waals surface area contributed by atoms with Gasteiger partial charge in [-0.15, -0.1) is 79.5 Å². The van der Waals surface area contributed by atoms with Gasteiger partial charge in [0.15, 0.2) is 11.3 Å². The van der Waals surface area contributed by atoms with Crippen LogP contribution >= 0.6 is 23.5 Å². The van der Waals surface area contributed by atoms with Crippen molar-refractivity contribution in [1.82, 2.24) is 24.3 Å². The van der Waals surface area contributed by atoms with Crippen LogP contribution in [0.2, 0.25) is 0 Å². The Hall–Kier alpha value is -11.9. The van der Waals surface area contributed by atoms with Crippen molar-refractivity contribution in [3.05, 3.63) is 165 Å². The number of nitriles is 1. The largest absolute Gasteiger partial charge is 0.497 e. The van der Waals surface area contributed by atoms with Crippen LogP contribution in [0, 0.1) is 42.2 Å². The van der Waals surface area contributed by atoms with E-state index < -0.39 is 121 Å². The Morgan fingerprint density at radius 2 is 1.10 bits per heavy atom. The van der Waals surface area contributed by atoms with Crippen molar-refractivity contribution in [3.8, 4) is 23.4 Å². The number of aromatic nitrogens is 5. The summed E-state index contributed by atoms with van der Waals surface area (Å²) in [6.45, 7) is 4.50. The molecular formula is C66H66N18O26S9. The summed E-state index contributed by atoms with van der Waals surface area (Å²) in [7, 11) is -28.0. The Morgan fingerprint density at radius 3 is 1.67 bits per heavy atom. The number of nitro benzene ring substituents is 1. The molecule has 3 heterocycles. The number of hydrogen-bond acceptors (Lipinski definition) is 39. The fourth-order valence-corrected chi connectivity index (χ4v) is 15.1. The van der Waals surface area contributed by atoms with E-state index in [2.05, 4.69) is 82.9 Å². The molecule has 0 aliphatic rings. The van der Waals surface area contributed by atoms with E-state index in [1.807, 2.05) is 18.2 Å². The van der Waals surface area contributed by atoms with Gasteiger partial charge in [-0.25, -0.2) is 4.98 Å². The van der Waals surface area contributed by atoms with Crippen LogP contribution in [-0.2, 0) is 78.4 Å². The monoisotopic (exact) mass is 1810 g/mol. The van der Waals surface area contributed by atoms with Crippen LogP contribution in [0.3, 0.4) is 0 Å². The molecule has 0 spiro atoms. The zero-order chi connectivity index (χ0) is 86.6. The maximum Gasteiger partial charge on any atom is 0.425 e. The molecule has 9 N–H and O–H groups in total. The molecule has 3 aromatic heterocycles. The van der Waals surface area contributed by atoms with Gasteiger partial charge in [0.1, 0.15) is 50.8 Å². The quantitative estimate of drug-likeness (QED) is 0.00452. The zero-order valence-electron chi connectivity index (χ0n) is 60.9. The van der Waals surface area contributed by atoms with E-state index in [9.17, 15) is 85.3 Å². The van der Waals surface area contributed by atoms with Gasteiger partial charge in [-0.3, -0.25) is 37.3 Å². The molecule has 0 aliphatic carbocycles. The van der Waals surface area contributed by atoms with Crippen molar-refractivity contribution in [2.75, 3.05) is 58.4 Å². The first-order chi connectivity index (χ1) is 55.5. The van der Waals surface area contributed by atoms with Crippen LogP contribution in [-0.4, -0.2) is 167 Å². The number of hydrogen-bond donors (Lipinski definition) is 9. The third kappa shape index (κ3) is 28.4. The van der Waals surface area contributed by atoms with Gasteiger partial charge in [-0.05, 0) is 135 Å². The number of benzene rings is 7. The van der Waals surface area contributed by atoms with Gasteiger partial charge >= 0.3 is 21.2 Å². The van der Waals surface area contributed by atoms with Crippen LogP contribution in [0.15, 0.2) is 188 Å². The molecule has 44 nitrogen and oxygen atoms in total. The molecule has 7 aromatic carbocycles. The lowest BCUT2D eigenvalue weighted by molar-refractivity contribution is -0.385. The molecule has 0 aliphatic heterocycles. The topological polar surface area (TPSA) is 671 Å². The summed E-state index contributed by atoms with van der Waals surface area (Å²) in [5.74, 6) is -2.63. The lowest BCUT2D eigenvalue weighted by Gasteiger charge is -2.15. The number of non-ortho nitro benzene ring substituents is 1. The number of thioether (sulfide) groups is 2. The van der Waals surface area contributed by atoms with Crippen LogP contribution < -0.4 is 25.4 Å². The number of nitrogens with one attached hydrogen (secondary N) is 3. The summed E-state index contributed by atoms with van der Waals surface area (Å²) in [6.07, 6.45) is -0.470. The average Bonchev–Trinajstić information content (AvgIpc) is 1.59. The number of pyridine rings is 1. The molecule has 0 radical (unpaired) electrons. The van der Waals surface area contributed by atoms with Gasteiger partial charge in [0, 0.05) is 51.9 Å². The Morgan fingerprint density at radius 1 is 0.571 bits per heavy atom. The van der Waals surface area contributed by atoms with E-state index in [0.29, 0.717) is 28.4 Å². The highest BCUT2D eigenvalue weighted by Gasteiger charge is 2.25. The smallest absolute Gasteiger partial charge is 0.425 e. The first-order valence-electron chi connectivity index (χ1n) is 32.9. The Kier molecular flexibility index (Phi) is 32.8. The molecule has 119 heavy (non-hydrogen) atoms. The molecule has 0 fully saturated rings. The van der Waals surface area contributed by atoms with E-state index in [0.717, 1.165) is 53.4 Å². The number of nitrogens with zero attached hydrogens (tertiary/aromatic N) is 15. The van der Waals surface area contributed by atoms with Crippen molar-refractivity contribution in [2.45, 2.75) is 73.6 Å². The van der Waals surface area contributed by atoms with Crippen molar-refractivity contribution < 1.29 is 110 Å². The fraction of sp³-hybridized carbons (Fsp3) is 0.227. The average molecular weight is 1820 g/mol. The summed E-state index contributed by atoms with van der Waals surface area (Å²) < 4.78 is 233. The van der Waals surface area contributed by atoms with Gasteiger partial charge in [0.05, 0.1) is 74.6 Å². The van der Waals surface area contributed by atoms with Gasteiger partial charge in [-0.1, -0.05) is 43.8 Å². The number of aryl methyl sites for hydroxylation is 2. The third-order valence-corrected chi connectivity index (χ3v) is 21.9. The SMILES string of the molecule is C.COc1ccc2c(c1)nc1c(C#N)c(C)c(N=Nc3cc(C)c(N=Nc4cc(Nc5nc(NCc6ccccc6)nc(Nc6cccc(S(=O)(=O)O)c6)n5)c(N=Nc5cc(C)c(N=Nc6ccc([N+](=O)[O-])cc6S(=O)(=O)O)cc5SCCCS(=O)(=O)O)cc4SCCCS(=O)(=O)O)cc3OCCCS(=O)(=O)O)c(O)n12.O=S(=O)=O.O=S(=O)=O. The van der Waals surface area contributed by atoms with E-state index >= 15 is 0 Å². The summed E-state index contributed by atoms with van der Waals surface area (Å²) in [6, 6.07) is 32.2. The minimum Gasteiger partial charge on any atom is -0.497 e. The van der Waals surface area contributed by atoms with Crippen LogP contribution in [0.25, 0.3) is 16.7 Å². The van der Waals surface area contributed by atoms with Crippen LogP contribution in [0.4, 0.5) is 80.4 Å². The zero-order valence-corrected chi connectivity index (χ0v) is 68.3. The minimum atomic E-state index is -5.11. The molecular weight excluding hydrogens is 1750 g/mol. The summed E-state index contributed by atoms with van der Waals surface area (Å²) in [5, 5.41) is 78.7. The van der Waals surface area contributed by atoms with E-state index in [-0.39, 0.29) is 158 Å². The van der Waals surface area contributed by atoms with E-state index in [1.54, 1.807) is 44.2 Å². The molecule has 0 unspecified atom stereocenters. The first-order valence-corrected chi connectivity index (χ1v) is 44.6. The Labute approximate surface area is 688 Å². The number of ether oxygens (including phenoxy) is 2. The highest BCUT2D eigenvalue weighted by molar-refractivity contribution is 7.99. The normalized spacial score (nSPS) is 11.9. The lowest BCUT2D eigenvalue weighted by Crippen LogP contribution is -2.10. The number of nitro groups is 1. The molecule has 0 saturated heterocycles. The highest BCUT2D eigenvalue weighted by atomic mass is 32.2. The first kappa shape index (κ1) is 94.2. The standard InChI is InChI=1S/C65H62N18O20S7.CH4.2O3S/c1-37-26-52(78-81-60-39(3)45(35-66)61-69-51-30-43(102-4)17-19-55(51)82(61)62(60)84)56(103-20-9-23-106(87,88)89)32-47(37)75-80-54-31-49(70-65-72-63(67-36-40-12-6-5-7-13-40)71-64(73-65)68-41-14-8-15-44(28-41)109(96,97)98)50(34-58(54)105-22-11-25-108(93,94)95)77-79-53-27-38(2)48(33-57(53)104-21-10-24-107(90,91)92)76-74-46-18-16-42(83(85)86)29-59(46)110(99,100)101;;2*1-4(2)3/h5-8,12-19,26-34,84H,9-11,20-25,36H2,1-4H3,(H,87,88,89)(H,90,91,92)(H,93,94,95)(H,96,97,98)(H,99,100,101)(H3,67,68,70,71,72,73);1H4;;. The lowest BCUT2D eigenvalue weighted by atomic mass is 10.1. The maximum atomic E-state index is 12.4. The molecule has 0 amide bonds. The second-order valence-corrected chi connectivity index (χ2v) is 34.5. The summed E-state index contributed by atoms with van der Waals surface area (Å²) >= 11 is 2.03. The Bertz CT molecular complexity index is 6530. The van der Waals surface area contributed by atoms with E-state index in [4.69, 9.17) is 34.7 Å². The minimum absolute atomic E-state index is 0. The van der Waals surface area contributed by atoms with E-state index in [1.165, 1.54) is 67.0 Å². The predicted molar refractivity (Wildman–Crippen MR) is 431 cm³/mol. The van der Waals surface area contributed by atoms with Gasteiger partial charge in [0.25, 0.3) is 56.3 Å².